The quantitative estimate of drug-likeness (QED) is 0.611. The van der Waals surface area contributed by atoms with Crippen molar-refractivity contribution in [1.82, 2.24) is 14.7 Å². The van der Waals surface area contributed by atoms with Gasteiger partial charge in [-0.1, -0.05) is 6.42 Å². The first-order valence-corrected chi connectivity index (χ1v) is 9.96. The lowest BCUT2D eigenvalue weighted by molar-refractivity contribution is 0.0186. The van der Waals surface area contributed by atoms with Crippen LogP contribution in [0.4, 0.5) is 4.79 Å². The van der Waals surface area contributed by atoms with Crippen LogP contribution in [0.15, 0.2) is 4.99 Å². The Bertz CT molecular complexity index is 495. The minimum atomic E-state index is -0.462. The van der Waals surface area contributed by atoms with Crippen molar-refractivity contribution >= 4 is 12.1 Å². The van der Waals surface area contributed by atoms with E-state index in [1.807, 2.05) is 20.8 Å². The molecule has 2 saturated heterocycles. The van der Waals surface area contributed by atoms with Crippen LogP contribution in [0.25, 0.3) is 0 Å². The van der Waals surface area contributed by atoms with Gasteiger partial charge in [0.15, 0.2) is 5.96 Å². The van der Waals surface area contributed by atoms with E-state index in [0.717, 1.165) is 13.1 Å². The van der Waals surface area contributed by atoms with Crippen molar-refractivity contribution in [2.45, 2.75) is 71.6 Å². The highest BCUT2D eigenvalue weighted by molar-refractivity contribution is 5.78. The monoisotopic (exact) mass is 367 g/mol. The molecule has 0 radical (unpaired) electrons. The molecule has 2 heterocycles. The molecule has 2 rings (SSSR count). The summed E-state index contributed by atoms with van der Waals surface area (Å²) >= 11 is 0. The van der Waals surface area contributed by atoms with Crippen molar-refractivity contribution in [3.8, 4) is 0 Å². The maximum Gasteiger partial charge on any atom is 0.410 e. The standard InChI is InChI=1S/C19H37N5O2/c1-15-8-6-7-9-24(15)16(2)14-21-17(20)22-10-12-23(13-11-22)18(25)26-19(3,4)5/h15-16H,6-14H2,1-5H3,(H2,20,21). The Morgan fingerprint density at radius 2 is 1.77 bits per heavy atom. The molecular formula is C19H37N5O2. The molecule has 0 saturated carbocycles. The SMILES string of the molecule is CC1CCCCN1C(C)CN=C(N)N1CCN(C(=O)OC(C)(C)C)CC1. The predicted molar refractivity (Wildman–Crippen MR) is 105 cm³/mol. The third kappa shape index (κ3) is 6.04. The number of guanidine groups is 1. The van der Waals surface area contributed by atoms with Gasteiger partial charge in [0.25, 0.3) is 0 Å². The number of rotatable bonds is 3. The van der Waals surface area contributed by atoms with Crippen molar-refractivity contribution in [3.63, 3.8) is 0 Å². The lowest BCUT2D eigenvalue weighted by atomic mass is 10.0. The number of nitrogens with two attached hydrogens (primary N) is 1. The van der Waals surface area contributed by atoms with Gasteiger partial charge in [0.1, 0.15) is 5.60 Å². The van der Waals surface area contributed by atoms with E-state index in [4.69, 9.17) is 10.5 Å². The molecule has 26 heavy (non-hydrogen) atoms. The molecule has 0 bridgehead atoms. The van der Waals surface area contributed by atoms with Crippen LogP contribution >= 0.6 is 0 Å². The zero-order valence-corrected chi connectivity index (χ0v) is 17.2. The van der Waals surface area contributed by atoms with Gasteiger partial charge < -0.3 is 20.3 Å². The highest BCUT2D eigenvalue weighted by Gasteiger charge is 2.27. The molecule has 2 N–H and O–H groups in total. The van der Waals surface area contributed by atoms with Crippen LogP contribution in [-0.4, -0.2) is 83.7 Å². The largest absolute Gasteiger partial charge is 0.444 e. The van der Waals surface area contributed by atoms with E-state index >= 15 is 0 Å². The average Bonchev–Trinajstić information content (AvgIpc) is 2.58. The van der Waals surface area contributed by atoms with E-state index in [0.29, 0.717) is 44.2 Å². The van der Waals surface area contributed by atoms with Crippen LogP contribution in [0, 0.1) is 0 Å². The number of hydrogen-bond donors (Lipinski definition) is 1. The molecule has 2 fully saturated rings. The van der Waals surface area contributed by atoms with Gasteiger partial charge in [0.05, 0.1) is 6.54 Å². The van der Waals surface area contributed by atoms with Crippen LogP contribution in [0.5, 0.6) is 0 Å². The molecule has 7 heteroatoms. The average molecular weight is 368 g/mol. The molecule has 1 amide bonds. The molecular weight excluding hydrogens is 330 g/mol. The summed E-state index contributed by atoms with van der Waals surface area (Å²) in [7, 11) is 0. The first kappa shape index (κ1) is 20.8. The van der Waals surface area contributed by atoms with Crippen LogP contribution in [0.2, 0.25) is 0 Å². The Balaban J connectivity index is 1.79. The Kier molecular flexibility index (Phi) is 7.15. The van der Waals surface area contributed by atoms with E-state index in [-0.39, 0.29) is 6.09 Å². The molecule has 0 aromatic rings. The fourth-order valence-corrected chi connectivity index (χ4v) is 3.65. The third-order valence-corrected chi connectivity index (χ3v) is 5.19. The van der Waals surface area contributed by atoms with Gasteiger partial charge in [-0.15, -0.1) is 0 Å². The normalized spacial score (nSPS) is 24.5. The first-order valence-electron chi connectivity index (χ1n) is 9.96. The van der Waals surface area contributed by atoms with Crippen molar-refractivity contribution in [2.75, 3.05) is 39.3 Å². The van der Waals surface area contributed by atoms with E-state index in [9.17, 15) is 4.79 Å². The van der Waals surface area contributed by atoms with Gasteiger partial charge in [-0.3, -0.25) is 9.89 Å². The highest BCUT2D eigenvalue weighted by Crippen LogP contribution is 2.19. The molecule has 2 aliphatic heterocycles. The van der Waals surface area contributed by atoms with Gasteiger partial charge in [-0.2, -0.15) is 0 Å². The second kappa shape index (κ2) is 8.93. The second-order valence-electron chi connectivity index (χ2n) is 8.58. The zero-order chi connectivity index (χ0) is 19.3. The van der Waals surface area contributed by atoms with Crippen LogP contribution < -0.4 is 5.73 Å². The smallest absolute Gasteiger partial charge is 0.410 e. The predicted octanol–water partition coefficient (Wildman–Crippen LogP) is 2.12. The molecule has 0 aromatic heterocycles. The molecule has 2 unspecified atom stereocenters. The number of amides is 1. The Hall–Kier alpha value is -1.50. The van der Waals surface area contributed by atoms with Gasteiger partial charge in [0.2, 0.25) is 0 Å². The van der Waals surface area contributed by atoms with Crippen molar-refractivity contribution in [1.29, 1.82) is 0 Å². The summed E-state index contributed by atoms with van der Waals surface area (Å²) in [6.07, 6.45) is 3.63. The Morgan fingerprint density at radius 3 is 2.35 bits per heavy atom. The summed E-state index contributed by atoms with van der Waals surface area (Å²) in [6, 6.07) is 1.04. The Morgan fingerprint density at radius 1 is 1.15 bits per heavy atom. The zero-order valence-electron chi connectivity index (χ0n) is 17.2. The third-order valence-electron chi connectivity index (χ3n) is 5.19. The molecule has 2 aliphatic rings. The second-order valence-corrected chi connectivity index (χ2v) is 8.58. The van der Waals surface area contributed by atoms with Gasteiger partial charge in [-0.05, 0) is 54.0 Å². The maximum absolute atomic E-state index is 12.1. The van der Waals surface area contributed by atoms with Gasteiger partial charge in [0, 0.05) is 38.3 Å². The van der Waals surface area contributed by atoms with E-state index in [1.165, 1.54) is 19.3 Å². The molecule has 0 spiro atoms. The number of ether oxygens (including phenoxy) is 1. The summed E-state index contributed by atoms with van der Waals surface area (Å²) in [5.41, 5.74) is 5.75. The summed E-state index contributed by atoms with van der Waals surface area (Å²) in [5, 5.41) is 0. The summed E-state index contributed by atoms with van der Waals surface area (Å²) < 4.78 is 5.43. The van der Waals surface area contributed by atoms with Gasteiger partial charge in [-0.25, -0.2) is 4.79 Å². The van der Waals surface area contributed by atoms with E-state index in [1.54, 1.807) is 4.90 Å². The highest BCUT2D eigenvalue weighted by atomic mass is 16.6. The number of hydrogen-bond acceptors (Lipinski definition) is 4. The van der Waals surface area contributed by atoms with E-state index < -0.39 is 5.60 Å². The first-order chi connectivity index (χ1) is 12.2. The fourth-order valence-electron chi connectivity index (χ4n) is 3.65. The number of aliphatic imine (C=N–C) groups is 1. The van der Waals surface area contributed by atoms with Crippen LogP contribution in [-0.2, 0) is 4.74 Å². The lowest BCUT2D eigenvalue weighted by Gasteiger charge is -2.38. The van der Waals surface area contributed by atoms with Crippen LogP contribution in [0.1, 0.15) is 53.9 Å². The number of likely N-dealkylation sites (tertiary alicyclic amines) is 1. The number of piperazine rings is 1. The minimum Gasteiger partial charge on any atom is -0.444 e. The molecule has 2 atom stereocenters. The maximum atomic E-state index is 12.1. The minimum absolute atomic E-state index is 0.250. The summed E-state index contributed by atoms with van der Waals surface area (Å²) in [6.45, 7) is 14.7. The lowest BCUT2D eigenvalue weighted by Crippen LogP contribution is -2.53. The molecule has 150 valence electrons. The fraction of sp³-hybridized carbons (Fsp3) is 0.895. The summed E-state index contributed by atoms with van der Waals surface area (Å²) in [4.78, 5) is 23.1. The topological polar surface area (TPSA) is 74.4 Å². The number of nitrogens with zero attached hydrogens (tertiary/aromatic N) is 4. The molecule has 0 aliphatic carbocycles. The van der Waals surface area contributed by atoms with Crippen molar-refractivity contribution < 1.29 is 9.53 Å². The Labute approximate surface area is 158 Å². The van der Waals surface area contributed by atoms with E-state index in [2.05, 4.69) is 28.6 Å². The number of carbonyl (C=O) groups excluding carboxylic acids is 1. The number of carbonyl (C=O) groups is 1. The molecule has 0 aromatic carbocycles. The van der Waals surface area contributed by atoms with Crippen LogP contribution in [0.3, 0.4) is 0 Å². The van der Waals surface area contributed by atoms with Crippen molar-refractivity contribution in [3.05, 3.63) is 0 Å². The van der Waals surface area contributed by atoms with Crippen molar-refractivity contribution in [2.24, 2.45) is 10.7 Å². The molecule has 7 nitrogen and oxygen atoms in total. The summed E-state index contributed by atoms with van der Waals surface area (Å²) in [5.74, 6) is 0.588. The number of piperidine rings is 1. The van der Waals surface area contributed by atoms with Gasteiger partial charge >= 0.3 is 6.09 Å².